The normalized spacial score (nSPS) is 19.8. The van der Waals surface area contributed by atoms with Crippen LogP contribution in [0.1, 0.15) is 17.2 Å². The SMILES string of the molecule is NC1=N[C@H](c2ccccc2)C2=C(N1)C(=O)N(Cc1ccccc1)C2. The molecule has 2 aromatic rings. The molecule has 24 heavy (non-hydrogen) atoms. The van der Waals surface area contributed by atoms with Crippen molar-refractivity contribution in [3.63, 3.8) is 0 Å². The number of carbonyl (C=O) groups is 1. The highest BCUT2D eigenvalue weighted by molar-refractivity contribution is 6.02. The number of carbonyl (C=O) groups excluding carboxylic acids is 1. The maximum Gasteiger partial charge on any atom is 0.271 e. The van der Waals surface area contributed by atoms with Crippen molar-refractivity contribution in [2.24, 2.45) is 10.7 Å². The van der Waals surface area contributed by atoms with Crippen LogP contribution in [0.5, 0.6) is 0 Å². The summed E-state index contributed by atoms with van der Waals surface area (Å²) in [5.41, 5.74) is 9.62. The van der Waals surface area contributed by atoms with E-state index in [0.29, 0.717) is 18.8 Å². The minimum Gasteiger partial charge on any atom is -0.370 e. The number of nitrogens with one attached hydrogen (secondary N) is 1. The van der Waals surface area contributed by atoms with Crippen LogP contribution in [0.25, 0.3) is 0 Å². The van der Waals surface area contributed by atoms with Gasteiger partial charge in [0.2, 0.25) is 0 Å². The molecular formula is C19H18N4O. The van der Waals surface area contributed by atoms with Crippen LogP contribution in [0, 0.1) is 0 Å². The monoisotopic (exact) mass is 318 g/mol. The number of hydrogen-bond acceptors (Lipinski definition) is 4. The molecule has 0 radical (unpaired) electrons. The molecule has 0 saturated heterocycles. The van der Waals surface area contributed by atoms with Crippen molar-refractivity contribution in [2.45, 2.75) is 12.6 Å². The van der Waals surface area contributed by atoms with Crippen LogP contribution in [0.4, 0.5) is 0 Å². The fourth-order valence-electron chi connectivity index (χ4n) is 3.23. The third kappa shape index (κ3) is 2.54. The molecule has 120 valence electrons. The minimum absolute atomic E-state index is 0.0207. The second-order valence-corrected chi connectivity index (χ2v) is 6.00. The zero-order chi connectivity index (χ0) is 16.5. The van der Waals surface area contributed by atoms with Gasteiger partial charge in [-0.25, -0.2) is 4.99 Å². The van der Waals surface area contributed by atoms with Crippen molar-refractivity contribution in [1.29, 1.82) is 0 Å². The molecule has 4 rings (SSSR count). The van der Waals surface area contributed by atoms with Crippen LogP contribution in [0.15, 0.2) is 76.9 Å². The lowest BCUT2D eigenvalue weighted by Crippen LogP contribution is -2.38. The summed E-state index contributed by atoms with van der Waals surface area (Å²) in [5, 5.41) is 2.96. The van der Waals surface area contributed by atoms with Gasteiger partial charge in [-0.2, -0.15) is 0 Å². The van der Waals surface area contributed by atoms with Crippen LogP contribution in [0.2, 0.25) is 0 Å². The van der Waals surface area contributed by atoms with E-state index in [4.69, 9.17) is 5.73 Å². The number of nitrogens with zero attached hydrogens (tertiary/aromatic N) is 2. The van der Waals surface area contributed by atoms with E-state index in [1.807, 2.05) is 65.6 Å². The Morgan fingerprint density at radius 1 is 1.08 bits per heavy atom. The van der Waals surface area contributed by atoms with Crippen LogP contribution in [-0.4, -0.2) is 23.3 Å². The maximum atomic E-state index is 12.8. The number of amides is 1. The topological polar surface area (TPSA) is 70.7 Å². The average molecular weight is 318 g/mol. The van der Waals surface area contributed by atoms with Gasteiger partial charge in [0, 0.05) is 18.7 Å². The van der Waals surface area contributed by atoms with Crippen LogP contribution < -0.4 is 11.1 Å². The Kier molecular flexibility index (Phi) is 3.54. The van der Waals surface area contributed by atoms with Gasteiger partial charge in [0.1, 0.15) is 11.7 Å². The lowest BCUT2D eigenvalue weighted by molar-refractivity contribution is -0.126. The Morgan fingerprint density at radius 2 is 1.75 bits per heavy atom. The van der Waals surface area contributed by atoms with Crippen molar-refractivity contribution < 1.29 is 4.79 Å². The molecule has 1 atom stereocenters. The molecule has 2 aromatic carbocycles. The van der Waals surface area contributed by atoms with E-state index in [-0.39, 0.29) is 17.9 Å². The van der Waals surface area contributed by atoms with Gasteiger partial charge >= 0.3 is 0 Å². The lowest BCUT2D eigenvalue weighted by Gasteiger charge is -2.21. The summed E-state index contributed by atoms with van der Waals surface area (Å²) < 4.78 is 0. The standard InChI is InChI=1S/C19H18N4O/c20-19-21-16(14-9-5-2-6-10-14)15-12-23(18(24)17(15)22-19)11-13-7-3-1-4-8-13/h1-10,16H,11-12H2,(H3,20,21,22)/t16-/m1/s1. The van der Waals surface area contributed by atoms with Crippen LogP contribution in [0.3, 0.4) is 0 Å². The average Bonchev–Trinajstić information content (AvgIpc) is 2.92. The Morgan fingerprint density at radius 3 is 2.46 bits per heavy atom. The summed E-state index contributed by atoms with van der Waals surface area (Å²) >= 11 is 0. The lowest BCUT2D eigenvalue weighted by atomic mass is 9.97. The molecule has 0 aromatic heterocycles. The van der Waals surface area contributed by atoms with Crippen molar-refractivity contribution in [1.82, 2.24) is 10.2 Å². The summed E-state index contributed by atoms with van der Waals surface area (Å²) in [4.78, 5) is 19.1. The van der Waals surface area contributed by atoms with E-state index in [9.17, 15) is 4.79 Å². The third-order valence-electron chi connectivity index (χ3n) is 4.37. The van der Waals surface area contributed by atoms with Gasteiger partial charge in [0.15, 0.2) is 5.96 Å². The Bertz CT molecular complexity index is 827. The second-order valence-electron chi connectivity index (χ2n) is 6.00. The molecule has 2 aliphatic heterocycles. The molecule has 0 spiro atoms. The number of guanidine groups is 1. The summed E-state index contributed by atoms with van der Waals surface area (Å²) in [7, 11) is 0. The summed E-state index contributed by atoms with van der Waals surface area (Å²) in [6.07, 6.45) is 0. The minimum atomic E-state index is -0.202. The van der Waals surface area contributed by atoms with E-state index in [1.165, 1.54) is 0 Å². The summed E-state index contributed by atoms with van der Waals surface area (Å²) in [6, 6.07) is 19.7. The molecule has 5 nitrogen and oxygen atoms in total. The van der Waals surface area contributed by atoms with Gasteiger partial charge in [0.05, 0.1) is 0 Å². The van der Waals surface area contributed by atoms with E-state index < -0.39 is 0 Å². The number of aliphatic imine (C=N–C) groups is 1. The first-order valence-electron chi connectivity index (χ1n) is 7.94. The van der Waals surface area contributed by atoms with Gasteiger partial charge in [-0.1, -0.05) is 60.7 Å². The first-order chi connectivity index (χ1) is 11.7. The zero-order valence-electron chi connectivity index (χ0n) is 13.1. The highest BCUT2D eigenvalue weighted by atomic mass is 16.2. The number of nitrogens with two attached hydrogens (primary N) is 1. The quantitative estimate of drug-likeness (QED) is 0.908. The first-order valence-corrected chi connectivity index (χ1v) is 7.94. The van der Waals surface area contributed by atoms with Gasteiger partial charge in [-0.05, 0) is 11.1 Å². The fourth-order valence-corrected chi connectivity index (χ4v) is 3.23. The molecule has 0 aliphatic carbocycles. The number of rotatable bonds is 3. The zero-order valence-corrected chi connectivity index (χ0v) is 13.1. The predicted octanol–water partition coefficient (Wildman–Crippen LogP) is 1.94. The molecule has 3 N–H and O–H groups in total. The largest absolute Gasteiger partial charge is 0.370 e. The number of benzene rings is 2. The molecule has 0 fully saturated rings. The predicted molar refractivity (Wildman–Crippen MR) is 92.8 cm³/mol. The van der Waals surface area contributed by atoms with Gasteiger partial charge in [0.25, 0.3) is 5.91 Å². The van der Waals surface area contributed by atoms with Gasteiger partial charge < -0.3 is 16.0 Å². The first kappa shape index (κ1) is 14.5. The molecule has 2 aliphatic rings. The van der Waals surface area contributed by atoms with E-state index >= 15 is 0 Å². The fraction of sp³-hybridized carbons (Fsp3) is 0.158. The van der Waals surface area contributed by atoms with Crippen molar-refractivity contribution >= 4 is 11.9 Å². The molecule has 0 saturated carbocycles. The number of hydrogen-bond donors (Lipinski definition) is 2. The van der Waals surface area contributed by atoms with E-state index in [0.717, 1.165) is 16.7 Å². The Labute approximate surface area is 140 Å². The highest BCUT2D eigenvalue weighted by Crippen LogP contribution is 2.35. The van der Waals surface area contributed by atoms with Gasteiger partial charge in [-0.3, -0.25) is 4.79 Å². The van der Waals surface area contributed by atoms with Crippen LogP contribution in [-0.2, 0) is 11.3 Å². The molecule has 5 heteroatoms. The Balaban J connectivity index is 1.63. The highest BCUT2D eigenvalue weighted by Gasteiger charge is 2.37. The van der Waals surface area contributed by atoms with Gasteiger partial charge in [-0.15, -0.1) is 0 Å². The van der Waals surface area contributed by atoms with Crippen molar-refractivity contribution in [3.05, 3.63) is 83.1 Å². The summed E-state index contributed by atoms with van der Waals surface area (Å²) in [5.74, 6) is 0.269. The molecule has 0 bridgehead atoms. The summed E-state index contributed by atoms with van der Waals surface area (Å²) in [6.45, 7) is 1.14. The molecule has 1 amide bonds. The molecule has 2 heterocycles. The van der Waals surface area contributed by atoms with Crippen molar-refractivity contribution in [2.75, 3.05) is 6.54 Å². The Hall–Kier alpha value is -3.08. The molecule has 0 unspecified atom stereocenters. The smallest absolute Gasteiger partial charge is 0.271 e. The van der Waals surface area contributed by atoms with E-state index in [2.05, 4.69) is 10.3 Å². The third-order valence-corrected chi connectivity index (χ3v) is 4.37. The van der Waals surface area contributed by atoms with Crippen LogP contribution >= 0.6 is 0 Å². The van der Waals surface area contributed by atoms with Crippen molar-refractivity contribution in [3.8, 4) is 0 Å². The molecular weight excluding hydrogens is 300 g/mol. The van der Waals surface area contributed by atoms with E-state index in [1.54, 1.807) is 0 Å². The second kappa shape index (κ2) is 5.85. The maximum absolute atomic E-state index is 12.8.